The Morgan fingerprint density at radius 1 is 1.55 bits per heavy atom. The molecule has 0 fully saturated rings. The van der Waals surface area contributed by atoms with Gasteiger partial charge in [-0.1, -0.05) is 18.2 Å². The smallest absolute Gasteiger partial charge is 0.181 e. The fraction of sp³-hybridized carbons (Fsp3) is 0.222. The van der Waals surface area contributed by atoms with Crippen LogP contribution in [-0.4, -0.2) is 11.9 Å². The van der Waals surface area contributed by atoms with Gasteiger partial charge in [0.05, 0.1) is 6.26 Å². The highest BCUT2D eigenvalue weighted by Crippen LogP contribution is 2.20. The Bertz CT molecular complexity index is 271. The number of rotatable bonds is 0. The van der Waals surface area contributed by atoms with Crippen molar-refractivity contribution in [3.63, 3.8) is 0 Å². The molecule has 0 bridgehead atoms. The van der Waals surface area contributed by atoms with E-state index in [0.717, 1.165) is 5.57 Å². The average Bonchev–Trinajstić information content (AvgIpc) is 2.06. The van der Waals surface area contributed by atoms with Crippen molar-refractivity contribution in [1.82, 2.24) is 0 Å². The third-order valence-corrected chi connectivity index (χ3v) is 1.81. The van der Waals surface area contributed by atoms with Gasteiger partial charge < -0.3 is 4.74 Å². The number of ketones is 1. The number of fused-ring (bicyclic) bond motifs is 1. The quantitative estimate of drug-likeness (QED) is 0.518. The molecule has 11 heavy (non-hydrogen) atoms. The zero-order chi connectivity index (χ0) is 7.68. The lowest BCUT2D eigenvalue weighted by atomic mass is 9.96. The van der Waals surface area contributed by atoms with Gasteiger partial charge >= 0.3 is 0 Å². The fourth-order valence-electron chi connectivity index (χ4n) is 1.26. The summed E-state index contributed by atoms with van der Waals surface area (Å²) in [5.41, 5.74) is 0.962. The number of allylic oxidation sites excluding steroid dienone is 3. The highest BCUT2D eigenvalue weighted by molar-refractivity contribution is 5.90. The van der Waals surface area contributed by atoms with E-state index in [1.165, 1.54) is 0 Å². The highest BCUT2D eigenvalue weighted by Gasteiger charge is 2.24. The summed E-state index contributed by atoms with van der Waals surface area (Å²) >= 11 is 0. The van der Waals surface area contributed by atoms with Gasteiger partial charge in [-0.05, 0) is 11.6 Å². The van der Waals surface area contributed by atoms with Gasteiger partial charge in [-0.25, -0.2) is 0 Å². The van der Waals surface area contributed by atoms with Crippen LogP contribution in [0.3, 0.4) is 0 Å². The summed E-state index contributed by atoms with van der Waals surface area (Å²) in [5.74, 6) is 0.142. The zero-order valence-electron chi connectivity index (χ0n) is 5.99. The molecule has 1 aliphatic heterocycles. The van der Waals surface area contributed by atoms with Crippen molar-refractivity contribution in [3.8, 4) is 0 Å². The molecule has 0 amide bonds. The fourth-order valence-corrected chi connectivity index (χ4v) is 1.26. The van der Waals surface area contributed by atoms with Crippen LogP contribution in [0.25, 0.3) is 0 Å². The van der Waals surface area contributed by atoms with Gasteiger partial charge in [0.15, 0.2) is 11.9 Å². The normalized spacial score (nSPS) is 27.5. The number of carbonyl (C=O) groups is 1. The lowest BCUT2D eigenvalue weighted by molar-refractivity contribution is -0.125. The maximum absolute atomic E-state index is 11.2. The first-order valence-electron chi connectivity index (χ1n) is 3.59. The van der Waals surface area contributed by atoms with E-state index in [4.69, 9.17) is 4.74 Å². The third-order valence-electron chi connectivity index (χ3n) is 1.81. The van der Waals surface area contributed by atoms with Gasteiger partial charge in [-0.2, -0.15) is 0 Å². The first kappa shape index (κ1) is 6.40. The highest BCUT2D eigenvalue weighted by atomic mass is 16.5. The molecular formula is C9H8O2. The molecule has 0 aromatic carbocycles. The average molecular weight is 148 g/mol. The van der Waals surface area contributed by atoms with E-state index in [-0.39, 0.29) is 11.9 Å². The number of carbonyl (C=O) groups excluding carboxylic acids is 1. The first-order valence-corrected chi connectivity index (χ1v) is 3.59. The Kier molecular flexibility index (Phi) is 1.39. The molecule has 1 unspecified atom stereocenters. The van der Waals surface area contributed by atoms with Crippen LogP contribution < -0.4 is 0 Å². The Labute approximate surface area is 64.9 Å². The standard InChI is InChI=1S/C9H8O2/c10-8-5-1-3-7-4-2-6-11-9(7)8/h1-4,6,9H,5H2. The summed E-state index contributed by atoms with van der Waals surface area (Å²) in [7, 11) is 0. The molecule has 0 radical (unpaired) electrons. The van der Waals surface area contributed by atoms with Crippen molar-refractivity contribution < 1.29 is 9.53 Å². The predicted molar refractivity (Wildman–Crippen MR) is 40.9 cm³/mol. The lowest BCUT2D eigenvalue weighted by Gasteiger charge is -2.21. The Balaban J connectivity index is 2.36. The van der Waals surface area contributed by atoms with Crippen molar-refractivity contribution >= 4 is 5.78 Å². The van der Waals surface area contributed by atoms with Crippen LogP contribution in [0.1, 0.15) is 6.42 Å². The first-order chi connectivity index (χ1) is 5.38. The van der Waals surface area contributed by atoms with Gasteiger partial charge in [-0.15, -0.1) is 0 Å². The molecule has 0 spiro atoms. The predicted octanol–water partition coefficient (Wildman–Crippen LogP) is 1.35. The van der Waals surface area contributed by atoms with E-state index in [1.54, 1.807) is 12.3 Å². The van der Waals surface area contributed by atoms with Gasteiger partial charge in [0.1, 0.15) is 0 Å². The Hall–Kier alpha value is -1.31. The van der Waals surface area contributed by atoms with Gasteiger partial charge in [-0.3, -0.25) is 4.79 Å². The maximum Gasteiger partial charge on any atom is 0.181 e. The van der Waals surface area contributed by atoms with E-state index < -0.39 is 0 Å². The second-order valence-corrected chi connectivity index (χ2v) is 2.58. The van der Waals surface area contributed by atoms with Gasteiger partial charge in [0, 0.05) is 6.42 Å². The van der Waals surface area contributed by atoms with E-state index in [2.05, 4.69) is 0 Å². The summed E-state index contributed by atoms with van der Waals surface area (Å²) in [4.78, 5) is 11.2. The van der Waals surface area contributed by atoms with Crippen LogP contribution in [0.15, 0.2) is 36.1 Å². The molecular weight excluding hydrogens is 140 g/mol. The third kappa shape index (κ3) is 1.00. The Morgan fingerprint density at radius 3 is 3.27 bits per heavy atom. The number of hydrogen-bond acceptors (Lipinski definition) is 2. The van der Waals surface area contributed by atoms with E-state index in [0.29, 0.717) is 6.42 Å². The van der Waals surface area contributed by atoms with Gasteiger partial charge in [0.2, 0.25) is 0 Å². The van der Waals surface area contributed by atoms with Crippen LogP contribution in [-0.2, 0) is 9.53 Å². The minimum absolute atomic E-state index is 0.142. The molecule has 0 aromatic heterocycles. The SMILES string of the molecule is O=C1CC=CC2=CC=COC12. The zero-order valence-corrected chi connectivity index (χ0v) is 5.99. The summed E-state index contributed by atoms with van der Waals surface area (Å²) in [6.45, 7) is 0. The van der Waals surface area contributed by atoms with Crippen molar-refractivity contribution in [2.75, 3.05) is 0 Å². The summed E-state index contributed by atoms with van der Waals surface area (Å²) in [6, 6.07) is 0. The van der Waals surface area contributed by atoms with E-state index in [9.17, 15) is 4.79 Å². The van der Waals surface area contributed by atoms with E-state index in [1.807, 2.05) is 18.2 Å². The van der Waals surface area contributed by atoms with Crippen molar-refractivity contribution in [2.45, 2.75) is 12.5 Å². The maximum atomic E-state index is 11.2. The van der Waals surface area contributed by atoms with Gasteiger partial charge in [0.25, 0.3) is 0 Å². The minimum atomic E-state index is -0.329. The van der Waals surface area contributed by atoms with Crippen LogP contribution in [0, 0.1) is 0 Å². The molecule has 1 heterocycles. The Morgan fingerprint density at radius 2 is 2.45 bits per heavy atom. The monoisotopic (exact) mass is 148 g/mol. The summed E-state index contributed by atoms with van der Waals surface area (Å²) in [6.07, 6.45) is 9.24. The second kappa shape index (κ2) is 2.38. The number of Topliss-reactive ketones (excluding diaryl/α,β-unsaturated/α-hetero) is 1. The van der Waals surface area contributed by atoms with Crippen molar-refractivity contribution in [1.29, 1.82) is 0 Å². The summed E-state index contributed by atoms with van der Waals surface area (Å²) < 4.78 is 5.14. The number of ether oxygens (including phenoxy) is 1. The lowest BCUT2D eigenvalue weighted by Crippen LogP contribution is -2.27. The van der Waals surface area contributed by atoms with Crippen LogP contribution >= 0.6 is 0 Å². The molecule has 2 rings (SSSR count). The van der Waals surface area contributed by atoms with Crippen LogP contribution in [0.2, 0.25) is 0 Å². The molecule has 1 aliphatic carbocycles. The molecule has 2 heteroatoms. The molecule has 2 aliphatic rings. The van der Waals surface area contributed by atoms with E-state index >= 15 is 0 Å². The largest absolute Gasteiger partial charge is 0.485 e. The summed E-state index contributed by atoms with van der Waals surface area (Å²) in [5, 5.41) is 0. The van der Waals surface area contributed by atoms with Crippen LogP contribution in [0.4, 0.5) is 0 Å². The number of hydrogen-bond donors (Lipinski definition) is 0. The minimum Gasteiger partial charge on any atom is -0.485 e. The molecule has 2 nitrogen and oxygen atoms in total. The molecule has 0 saturated carbocycles. The second-order valence-electron chi connectivity index (χ2n) is 2.58. The van der Waals surface area contributed by atoms with Crippen LogP contribution in [0.5, 0.6) is 0 Å². The molecule has 0 saturated heterocycles. The molecule has 0 aromatic rings. The van der Waals surface area contributed by atoms with Crippen molar-refractivity contribution in [2.24, 2.45) is 0 Å². The molecule has 56 valence electrons. The molecule has 1 atom stereocenters. The topological polar surface area (TPSA) is 26.3 Å². The molecule has 0 N–H and O–H groups in total. The van der Waals surface area contributed by atoms with Crippen molar-refractivity contribution in [3.05, 3.63) is 36.1 Å².